The molecule has 1 aliphatic heterocycles. The molecule has 1 fully saturated rings. The van der Waals surface area contributed by atoms with Crippen LogP contribution in [-0.4, -0.2) is 47.1 Å². The van der Waals surface area contributed by atoms with Crippen LogP contribution in [0.1, 0.15) is 23.2 Å². The molecule has 33 heavy (non-hydrogen) atoms. The number of para-hydroxylation sites is 1. The van der Waals surface area contributed by atoms with Crippen LogP contribution in [-0.2, 0) is 0 Å². The van der Waals surface area contributed by atoms with Gasteiger partial charge in [0.05, 0.1) is 23.9 Å². The third kappa shape index (κ3) is 4.48. The molecule has 2 aromatic heterocycles. The first kappa shape index (κ1) is 20.9. The van der Waals surface area contributed by atoms with Gasteiger partial charge in [-0.1, -0.05) is 18.2 Å². The molecule has 0 atom stereocenters. The fraction of sp³-hybridized carbons (Fsp3) is 0.231. The molecule has 0 radical (unpaired) electrons. The summed E-state index contributed by atoms with van der Waals surface area (Å²) >= 11 is 0. The zero-order valence-corrected chi connectivity index (χ0v) is 18.4. The van der Waals surface area contributed by atoms with E-state index < -0.39 is 0 Å². The number of methoxy groups -OCH3 is 1. The van der Waals surface area contributed by atoms with E-state index in [0.29, 0.717) is 5.56 Å². The number of nitrogens with one attached hydrogen (secondary N) is 1. The number of pyridine rings is 1. The maximum Gasteiger partial charge on any atom is 0.252 e. The molecule has 166 valence electrons. The molecular weight excluding hydrogens is 414 g/mol. The van der Waals surface area contributed by atoms with Gasteiger partial charge < -0.3 is 15.0 Å². The van der Waals surface area contributed by atoms with Crippen molar-refractivity contribution >= 4 is 22.8 Å². The smallest absolute Gasteiger partial charge is 0.252 e. The summed E-state index contributed by atoms with van der Waals surface area (Å²) in [4.78, 5) is 29.0. The van der Waals surface area contributed by atoms with E-state index in [0.717, 1.165) is 59.8 Å². The summed E-state index contributed by atoms with van der Waals surface area (Å²) in [5, 5.41) is 4.09. The van der Waals surface area contributed by atoms with Crippen molar-refractivity contribution in [2.24, 2.45) is 0 Å². The number of rotatable bonds is 5. The summed E-state index contributed by atoms with van der Waals surface area (Å²) in [5.41, 5.74) is 3.14. The Morgan fingerprint density at radius 2 is 1.73 bits per heavy atom. The van der Waals surface area contributed by atoms with Crippen molar-refractivity contribution in [3.63, 3.8) is 0 Å². The van der Waals surface area contributed by atoms with Crippen molar-refractivity contribution in [2.45, 2.75) is 18.9 Å². The minimum absolute atomic E-state index is 0.0715. The van der Waals surface area contributed by atoms with E-state index in [1.54, 1.807) is 19.5 Å². The Kier molecular flexibility index (Phi) is 5.85. The molecule has 0 bridgehead atoms. The van der Waals surface area contributed by atoms with Gasteiger partial charge in [0.2, 0.25) is 5.95 Å². The molecule has 1 aliphatic rings. The highest BCUT2D eigenvalue weighted by Gasteiger charge is 2.23. The predicted molar refractivity (Wildman–Crippen MR) is 128 cm³/mol. The fourth-order valence-electron chi connectivity index (χ4n) is 4.21. The van der Waals surface area contributed by atoms with Gasteiger partial charge in [-0.3, -0.25) is 4.79 Å². The molecule has 7 heteroatoms. The Hall–Kier alpha value is -4.00. The molecule has 0 unspecified atom stereocenters. The van der Waals surface area contributed by atoms with Gasteiger partial charge in [-0.2, -0.15) is 0 Å². The Labute approximate surface area is 192 Å². The largest absolute Gasteiger partial charge is 0.497 e. The first-order valence-electron chi connectivity index (χ1n) is 11.1. The van der Waals surface area contributed by atoms with E-state index in [2.05, 4.69) is 20.2 Å². The van der Waals surface area contributed by atoms with Gasteiger partial charge >= 0.3 is 0 Å². The molecule has 4 aromatic rings. The number of piperidine rings is 1. The van der Waals surface area contributed by atoms with Crippen molar-refractivity contribution in [3.8, 4) is 17.0 Å². The Morgan fingerprint density at radius 3 is 2.45 bits per heavy atom. The SMILES string of the molecule is COc1ccc(-c2cc(C(=O)NC3CCN(c4ncccn4)CC3)c3ccccc3n2)cc1. The average molecular weight is 440 g/mol. The van der Waals surface area contributed by atoms with E-state index in [9.17, 15) is 4.79 Å². The number of carbonyl (C=O) groups is 1. The summed E-state index contributed by atoms with van der Waals surface area (Å²) in [5.74, 6) is 1.45. The molecule has 3 heterocycles. The standard InChI is InChI=1S/C26H25N5O2/c1-33-20-9-7-18(8-10-20)24-17-22(21-5-2-3-6-23(21)30-24)25(32)29-19-11-15-31(16-12-19)26-27-13-4-14-28-26/h2-10,13-14,17,19H,11-12,15-16H2,1H3,(H,29,32). The van der Waals surface area contributed by atoms with E-state index >= 15 is 0 Å². The highest BCUT2D eigenvalue weighted by Crippen LogP contribution is 2.27. The summed E-state index contributed by atoms with van der Waals surface area (Å²) < 4.78 is 5.26. The normalized spacial score (nSPS) is 14.3. The number of fused-ring (bicyclic) bond motifs is 1. The van der Waals surface area contributed by atoms with Crippen LogP contribution in [0.5, 0.6) is 5.75 Å². The maximum absolute atomic E-state index is 13.4. The van der Waals surface area contributed by atoms with Gasteiger partial charge in [0.15, 0.2) is 0 Å². The Bertz CT molecular complexity index is 1250. The first-order chi connectivity index (χ1) is 16.2. The van der Waals surface area contributed by atoms with Crippen LogP contribution < -0.4 is 15.0 Å². The summed E-state index contributed by atoms with van der Waals surface area (Å²) in [7, 11) is 1.64. The average Bonchev–Trinajstić information content (AvgIpc) is 2.89. The van der Waals surface area contributed by atoms with Crippen LogP contribution in [0.15, 0.2) is 73.1 Å². The molecule has 7 nitrogen and oxygen atoms in total. The van der Waals surface area contributed by atoms with Crippen LogP contribution >= 0.6 is 0 Å². The predicted octanol–water partition coefficient (Wildman–Crippen LogP) is 4.10. The van der Waals surface area contributed by atoms with Crippen molar-refractivity contribution in [1.29, 1.82) is 0 Å². The van der Waals surface area contributed by atoms with Crippen LogP contribution in [0.4, 0.5) is 5.95 Å². The molecule has 0 saturated carbocycles. The molecule has 0 spiro atoms. The number of carbonyl (C=O) groups excluding carboxylic acids is 1. The van der Waals surface area contributed by atoms with Gasteiger partial charge in [0, 0.05) is 42.5 Å². The second-order valence-corrected chi connectivity index (χ2v) is 8.08. The lowest BCUT2D eigenvalue weighted by molar-refractivity contribution is 0.0932. The molecule has 5 rings (SSSR count). The summed E-state index contributed by atoms with van der Waals surface area (Å²) in [6.45, 7) is 1.62. The van der Waals surface area contributed by atoms with E-state index in [1.165, 1.54) is 0 Å². The number of nitrogens with zero attached hydrogens (tertiary/aromatic N) is 4. The van der Waals surface area contributed by atoms with E-state index in [-0.39, 0.29) is 11.9 Å². The third-order valence-corrected chi connectivity index (χ3v) is 6.01. The molecule has 1 saturated heterocycles. The minimum Gasteiger partial charge on any atom is -0.497 e. The quantitative estimate of drug-likeness (QED) is 0.504. The summed E-state index contributed by atoms with van der Waals surface area (Å²) in [6.07, 6.45) is 5.20. The lowest BCUT2D eigenvalue weighted by Gasteiger charge is -2.32. The monoisotopic (exact) mass is 439 g/mol. The molecule has 0 aliphatic carbocycles. The van der Waals surface area contributed by atoms with Gasteiger partial charge in [0.1, 0.15) is 5.75 Å². The zero-order chi connectivity index (χ0) is 22.6. The van der Waals surface area contributed by atoms with Crippen molar-refractivity contribution < 1.29 is 9.53 Å². The zero-order valence-electron chi connectivity index (χ0n) is 18.4. The lowest BCUT2D eigenvalue weighted by atomic mass is 10.0. The van der Waals surface area contributed by atoms with Crippen LogP contribution in [0.3, 0.4) is 0 Å². The van der Waals surface area contributed by atoms with Gasteiger partial charge in [-0.15, -0.1) is 0 Å². The number of hydrogen-bond acceptors (Lipinski definition) is 6. The Balaban J connectivity index is 1.36. The number of benzene rings is 2. The second kappa shape index (κ2) is 9.24. The number of aromatic nitrogens is 3. The fourth-order valence-corrected chi connectivity index (χ4v) is 4.21. The molecule has 1 amide bonds. The highest BCUT2D eigenvalue weighted by molar-refractivity contribution is 6.07. The van der Waals surface area contributed by atoms with Crippen LogP contribution in [0, 0.1) is 0 Å². The van der Waals surface area contributed by atoms with Crippen molar-refractivity contribution in [2.75, 3.05) is 25.1 Å². The van der Waals surface area contributed by atoms with Crippen LogP contribution in [0.25, 0.3) is 22.2 Å². The first-order valence-corrected chi connectivity index (χ1v) is 11.1. The van der Waals surface area contributed by atoms with E-state index in [4.69, 9.17) is 9.72 Å². The molecular formula is C26H25N5O2. The highest BCUT2D eigenvalue weighted by atomic mass is 16.5. The van der Waals surface area contributed by atoms with Gasteiger partial charge in [-0.25, -0.2) is 15.0 Å². The van der Waals surface area contributed by atoms with Gasteiger partial charge in [0.25, 0.3) is 5.91 Å². The number of ether oxygens (including phenoxy) is 1. The van der Waals surface area contributed by atoms with Crippen molar-refractivity contribution in [1.82, 2.24) is 20.3 Å². The van der Waals surface area contributed by atoms with Crippen molar-refractivity contribution in [3.05, 3.63) is 78.6 Å². The minimum atomic E-state index is -0.0715. The molecule has 2 aromatic carbocycles. The second-order valence-electron chi connectivity index (χ2n) is 8.08. The maximum atomic E-state index is 13.4. The topological polar surface area (TPSA) is 80.2 Å². The molecule has 1 N–H and O–H groups in total. The summed E-state index contributed by atoms with van der Waals surface area (Å²) in [6, 6.07) is 19.3. The van der Waals surface area contributed by atoms with Gasteiger partial charge in [-0.05, 0) is 55.3 Å². The lowest BCUT2D eigenvalue weighted by Crippen LogP contribution is -2.45. The number of anilines is 1. The third-order valence-electron chi connectivity index (χ3n) is 6.01. The number of amides is 1. The Morgan fingerprint density at radius 1 is 1.00 bits per heavy atom. The van der Waals surface area contributed by atoms with E-state index in [1.807, 2.05) is 60.7 Å². The van der Waals surface area contributed by atoms with Crippen LogP contribution in [0.2, 0.25) is 0 Å². The number of hydrogen-bond donors (Lipinski definition) is 1.